The second-order valence-electron chi connectivity index (χ2n) is 5.26. The van der Waals surface area contributed by atoms with E-state index < -0.39 is 23.2 Å². The van der Waals surface area contributed by atoms with Gasteiger partial charge in [-0.2, -0.15) is 0 Å². The van der Waals surface area contributed by atoms with Crippen LogP contribution >= 0.6 is 0 Å². The van der Waals surface area contributed by atoms with E-state index >= 15 is 0 Å². The molecule has 0 unspecified atom stereocenters. The van der Waals surface area contributed by atoms with E-state index in [4.69, 9.17) is 0 Å². The number of carbonyl (C=O) groups is 1. The van der Waals surface area contributed by atoms with E-state index in [1.165, 1.54) is 0 Å². The summed E-state index contributed by atoms with van der Waals surface area (Å²) in [6.45, 7) is 0. The van der Waals surface area contributed by atoms with Gasteiger partial charge in [0.15, 0.2) is 17.2 Å². The molecular formula is C19H15NO4. The van der Waals surface area contributed by atoms with Crippen molar-refractivity contribution < 1.29 is 20.1 Å². The Labute approximate surface area is 138 Å². The van der Waals surface area contributed by atoms with Crippen molar-refractivity contribution in [2.75, 3.05) is 5.32 Å². The Morgan fingerprint density at radius 2 is 1.29 bits per heavy atom. The van der Waals surface area contributed by atoms with Crippen molar-refractivity contribution in [1.29, 1.82) is 0 Å². The molecule has 0 aromatic heterocycles. The Balaban J connectivity index is 1.78. The molecule has 5 heteroatoms. The van der Waals surface area contributed by atoms with Crippen LogP contribution in [0.1, 0.15) is 10.4 Å². The van der Waals surface area contributed by atoms with E-state index in [1.54, 1.807) is 12.1 Å². The lowest BCUT2D eigenvalue weighted by molar-refractivity contribution is 0.102. The summed E-state index contributed by atoms with van der Waals surface area (Å²) in [5, 5.41) is 30.9. The highest BCUT2D eigenvalue weighted by atomic mass is 16.3. The molecule has 0 aliphatic carbocycles. The van der Waals surface area contributed by atoms with Crippen molar-refractivity contribution in [1.82, 2.24) is 0 Å². The molecule has 0 heterocycles. The lowest BCUT2D eigenvalue weighted by Gasteiger charge is -2.08. The summed E-state index contributed by atoms with van der Waals surface area (Å²) in [6.07, 6.45) is 0. The van der Waals surface area contributed by atoms with Crippen LogP contribution in [-0.4, -0.2) is 21.2 Å². The van der Waals surface area contributed by atoms with E-state index in [-0.39, 0.29) is 5.56 Å². The fourth-order valence-corrected chi connectivity index (χ4v) is 2.32. The zero-order chi connectivity index (χ0) is 17.1. The molecule has 0 spiro atoms. The molecule has 3 aromatic carbocycles. The Bertz CT molecular complexity index is 851. The highest BCUT2D eigenvalue weighted by Crippen LogP contribution is 2.35. The fraction of sp³-hybridized carbons (Fsp3) is 0. The van der Waals surface area contributed by atoms with Gasteiger partial charge in [-0.3, -0.25) is 4.79 Å². The Kier molecular flexibility index (Phi) is 4.07. The number of amides is 1. The molecule has 24 heavy (non-hydrogen) atoms. The molecule has 120 valence electrons. The van der Waals surface area contributed by atoms with Crippen molar-refractivity contribution in [2.45, 2.75) is 0 Å². The number of aromatic hydroxyl groups is 3. The van der Waals surface area contributed by atoms with Gasteiger partial charge in [-0.25, -0.2) is 0 Å². The van der Waals surface area contributed by atoms with Crippen molar-refractivity contribution in [3.05, 3.63) is 72.3 Å². The summed E-state index contributed by atoms with van der Waals surface area (Å²) in [4.78, 5) is 12.2. The minimum Gasteiger partial charge on any atom is -0.504 e. The molecule has 3 aromatic rings. The van der Waals surface area contributed by atoms with Gasteiger partial charge in [-0.15, -0.1) is 0 Å². The van der Waals surface area contributed by atoms with E-state index in [9.17, 15) is 20.1 Å². The summed E-state index contributed by atoms with van der Waals surface area (Å²) in [5.41, 5.74) is 2.71. The second kappa shape index (κ2) is 6.34. The standard InChI is InChI=1S/C19H15NO4/c21-16-10-14(11-17(22)18(16)23)19(24)20-15-8-6-13(7-9-15)12-4-2-1-3-5-12/h1-11,21-23H,(H,20,24). The van der Waals surface area contributed by atoms with Gasteiger partial charge in [-0.05, 0) is 35.4 Å². The number of phenols is 3. The number of rotatable bonds is 3. The third-order valence-electron chi connectivity index (χ3n) is 3.58. The highest BCUT2D eigenvalue weighted by molar-refractivity contribution is 6.05. The Morgan fingerprint density at radius 1 is 0.750 bits per heavy atom. The van der Waals surface area contributed by atoms with Gasteiger partial charge >= 0.3 is 0 Å². The first-order valence-electron chi connectivity index (χ1n) is 7.26. The van der Waals surface area contributed by atoms with Gasteiger partial charge in [0.05, 0.1) is 0 Å². The highest BCUT2D eigenvalue weighted by Gasteiger charge is 2.13. The maximum Gasteiger partial charge on any atom is 0.255 e. The van der Waals surface area contributed by atoms with Crippen LogP contribution in [0.4, 0.5) is 5.69 Å². The van der Waals surface area contributed by atoms with E-state index in [1.807, 2.05) is 42.5 Å². The van der Waals surface area contributed by atoms with Crippen LogP contribution in [0.25, 0.3) is 11.1 Å². The number of hydrogen-bond donors (Lipinski definition) is 4. The zero-order valence-corrected chi connectivity index (χ0v) is 12.6. The SMILES string of the molecule is O=C(Nc1ccc(-c2ccccc2)cc1)c1cc(O)c(O)c(O)c1. The monoisotopic (exact) mass is 321 g/mol. The number of nitrogens with one attached hydrogen (secondary N) is 1. The molecule has 4 N–H and O–H groups in total. The predicted octanol–water partition coefficient (Wildman–Crippen LogP) is 3.72. The van der Waals surface area contributed by atoms with Gasteiger partial charge in [0.2, 0.25) is 0 Å². The van der Waals surface area contributed by atoms with Crippen molar-refractivity contribution in [2.24, 2.45) is 0 Å². The third kappa shape index (κ3) is 3.15. The number of anilines is 1. The van der Waals surface area contributed by atoms with Crippen molar-refractivity contribution >= 4 is 11.6 Å². The van der Waals surface area contributed by atoms with Crippen LogP contribution in [0, 0.1) is 0 Å². The molecular weight excluding hydrogens is 306 g/mol. The van der Waals surface area contributed by atoms with Crippen LogP contribution < -0.4 is 5.32 Å². The maximum atomic E-state index is 12.2. The van der Waals surface area contributed by atoms with Crippen molar-refractivity contribution in [3.8, 4) is 28.4 Å². The van der Waals surface area contributed by atoms with E-state index in [0.717, 1.165) is 23.3 Å². The second-order valence-corrected chi connectivity index (χ2v) is 5.26. The minimum atomic E-state index is -0.654. The largest absolute Gasteiger partial charge is 0.504 e. The first-order chi connectivity index (χ1) is 11.5. The third-order valence-corrected chi connectivity index (χ3v) is 3.58. The molecule has 0 saturated carbocycles. The number of phenolic OH excluding ortho intramolecular Hbond substituents is 3. The smallest absolute Gasteiger partial charge is 0.255 e. The fourth-order valence-electron chi connectivity index (χ4n) is 2.32. The van der Waals surface area contributed by atoms with E-state index in [2.05, 4.69) is 5.32 Å². The quantitative estimate of drug-likeness (QED) is 0.553. The van der Waals surface area contributed by atoms with Gasteiger partial charge in [-0.1, -0.05) is 42.5 Å². The van der Waals surface area contributed by atoms with Gasteiger partial charge in [0.25, 0.3) is 5.91 Å². The lowest BCUT2D eigenvalue weighted by Crippen LogP contribution is -2.11. The maximum absolute atomic E-state index is 12.2. The molecule has 0 radical (unpaired) electrons. The van der Waals surface area contributed by atoms with Crippen LogP contribution in [0.5, 0.6) is 17.2 Å². The van der Waals surface area contributed by atoms with E-state index in [0.29, 0.717) is 5.69 Å². The molecule has 0 saturated heterocycles. The molecule has 0 aliphatic heterocycles. The summed E-state index contributed by atoms with van der Waals surface area (Å²) in [7, 11) is 0. The van der Waals surface area contributed by atoms with Crippen LogP contribution in [0.2, 0.25) is 0 Å². The number of hydrogen-bond acceptors (Lipinski definition) is 4. The average Bonchev–Trinajstić information content (AvgIpc) is 2.60. The molecule has 5 nitrogen and oxygen atoms in total. The molecule has 0 bridgehead atoms. The Hall–Kier alpha value is -3.47. The van der Waals surface area contributed by atoms with Crippen LogP contribution in [0.15, 0.2) is 66.7 Å². The topological polar surface area (TPSA) is 89.8 Å². The molecule has 0 fully saturated rings. The minimum absolute atomic E-state index is 0.0370. The lowest BCUT2D eigenvalue weighted by atomic mass is 10.1. The summed E-state index contributed by atoms with van der Waals surface area (Å²) < 4.78 is 0. The summed E-state index contributed by atoms with van der Waals surface area (Å²) in [5.74, 6) is -2.27. The molecule has 1 amide bonds. The van der Waals surface area contributed by atoms with Gasteiger partial charge in [0, 0.05) is 11.3 Å². The van der Waals surface area contributed by atoms with Crippen LogP contribution in [-0.2, 0) is 0 Å². The first kappa shape index (κ1) is 15.4. The number of benzene rings is 3. The normalized spacial score (nSPS) is 10.3. The molecule has 0 aliphatic rings. The van der Waals surface area contributed by atoms with Crippen LogP contribution in [0.3, 0.4) is 0 Å². The molecule has 3 rings (SSSR count). The predicted molar refractivity (Wildman–Crippen MR) is 91.3 cm³/mol. The number of carbonyl (C=O) groups excluding carboxylic acids is 1. The summed E-state index contributed by atoms with van der Waals surface area (Å²) >= 11 is 0. The summed E-state index contributed by atoms with van der Waals surface area (Å²) in [6, 6.07) is 19.3. The van der Waals surface area contributed by atoms with Gasteiger partial charge < -0.3 is 20.6 Å². The van der Waals surface area contributed by atoms with Crippen molar-refractivity contribution in [3.63, 3.8) is 0 Å². The zero-order valence-electron chi connectivity index (χ0n) is 12.6. The average molecular weight is 321 g/mol. The molecule has 0 atom stereocenters. The Morgan fingerprint density at radius 3 is 1.88 bits per heavy atom. The first-order valence-corrected chi connectivity index (χ1v) is 7.26. The van der Waals surface area contributed by atoms with Gasteiger partial charge in [0.1, 0.15) is 0 Å².